The summed E-state index contributed by atoms with van der Waals surface area (Å²) in [5, 5.41) is 3.60. The summed E-state index contributed by atoms with van der Waals surface area (Å²) in [6.45, 7) is 5.91. The maximum Gasteiger partial charge on any atom is 0.319 e. The smallest absolute Gasteiger partial charge is 0.319 e. The zero-order chi connectivity index (χ0) is 14.7. The minimum atomic E-state index is 0.120. The first-order chi connectivity index (χ1) is 9.45. The molecule has 0 spiro atoms. The fourth-order valence-corrected chi connectivity index (χ4v) is 2.79. The third kappa shape index (κ3) is 3.65. The SMILES string of the molecule is Cc1cc(C)cc(NC2CCN(C(=O)N(C)C)CC2)c1. The highest BCUT2D eigenvalue weighted by Gasteiger charge is 2.23. The standard InChI is InChI=1S/C16H25N3O/c1-12-9-13(2)11-15(10-12)17-14-5-7-19(8-6-14)16(20)18(3)4/h9-11,14,17H,5-8H2,1-4H3. The normalized spacial score (nSPS) is 16.1. The molecule has 1 aliphatic rings. The number of rotatable bonds is 2. The van der Waals surface area contributed by atoms with Crippen LogP contribution in [0.3, 0.4) is 0 Å². The van der Waals surface area contributed by atoms with E-state index >= 15 is 0 Å². The fraction of sp³-hybridized carbons (Fsp3) is 0.562. The molecule has 0 aromatic heterocycles. The lowest BCUT2D eigenvalue weighted by Gasteiger charge is -2.34. The molecule has 4 nitrogen and oxygen atoms in total. The van der Waals surface area contributed by atoms with Crippen molar-refractivity contribution in [2.45, 2.75) is 32.7 Å². The number of piperidine rings is 1. The van der Waals surface area contributed by atoms with Gasteiger partial charge in [0.15, 0.2) is 0 Å². The van der Waals surface area contributed by atoms with Crippen LogP contribution in [-0.4, -0.2) is 49.1 Å². The molecule has 0 unspecified atom stereocenters. The van der Waals surface area contributed by atoms with Gasteiger partial charge in [0.05, 0.1) is 0 Å². The van der Waals surface area contributed by atoms with Crippen LogP contribution in [0.25, 0.3) is 0 Å². The first-order valence-corrected chi connectivity index (χ1v) is 7.27. The molecular weight excluding hydrogens is 250 g/mol. The van der Waals surface area contributed by atoms with Crippen LogP contribution < -0.4 is 5.32 Å². The predicted octanol–water partition coefficient (Wildman–Crippen LogP) is 2.86. The van der Waals surface area contributed by atoms with E-state index in [2.05, 4.69) is 37.4 Å². The molecule has 2 rings (SSSR count). The third-order valence-electron chi connectivity index (χ3n) is 3.74. The van der Waals surface area contributed by atoms with Crippen LogP contribution in [0.2, 0.25) is 0 Å². The molecule has 1 aromatic carbocycles. The van der Waals surface area contributed by atoms with Crippen molar-refractivity contribution in [3.8, 4) is 0 Å². The van der Waals surface area contributed by atoms with Gasteiger partial charge in [0, 0.05) is 38.9 Å². The summed E-state index contributed by atoms with van der Waals surface area (Å²) in [5.41, 5.74) is 3.76. The summed E-state index contributed by atoms with van der Waals surface area (Å²) in [6, 6.07) is 7.13. The lowest BCUT2D eigenvalue weighted by atomic mass is 10.0. The molecule has 0 radical (unpaired) electrons. The largest absolute Gasteiger partial charge is 0.382 e. The number of nitrogens with one attached hydrogen (secondary N) is 1. The van der Waals surface area contributed by atoms with Gasteiger partial charge in [-0.1, -0.05) is 6.07 Å². The highest BCUT2D eigenvalue weighted by atomic mass is 16.2. The fourth-order valence-electron chi connectivity index (χ4n) is 2.79. The maximum atomic E-state index is 11.9. The summed E-state index contributed by atoms with van der Waals surface area (Å²) < 4.78 is 0. The molecular formula is C16H25N3O. The number of anilines is 1. The summed E-state index contributed by atoms with van der Waals surface area (Å²) in [6.07, 6.45) is 2.01. The van der Waals surface area contributed by atoms with Gasteiger partial charge >= 0.3 is 6.03 Å². The number of nitrogens with zero attached hydrogens (tertiary/aromatic N) is 2. The molecule has 110 valence electrons. The monoisotopic (exact) mass is 275 g/mol. The van der Waals surface area contributed by atoms with Gasteiger partial charge in [-0.2, -0.15) is 0 Å². The zero-order valence-electron chi connectivity index (χ0n) is 12.9. The van der Waals surface area contributed by atoms with Crippen molar-refractivity contribution in [3.63, 3.8) is 0 Å². The maximum absolute atomic E-state index is 11.9. The Labute approximate surface area is 121 Å². The summed E-state index contributed by atoms with van der Waals surface area (Å²) in [4.78, 5) is 15.5. The minimum Gasteiger partial charge on any atom is -0.382 e. The first kappa shape index (κ1) is 14.7. The molecule has 1 N–H and O–H groups in total. The second-order valence-corrected chi connectivity index (χ2v) is 5.96. The predicted molar refractivity (Wildman–Crippen MR) is 83.2 cm³/mol. The molecule has 0 aliphatic carbocycles. The number of carbonyl (C=O) groups excluding carboxylic acids is 1. The van der Waals surface area contributed by atoms with E-state index in [-0.39, 0.29) is 6.03 Å². The number of hydrogen-bond donors (Lipinski definition) is 1. The molecule has 1 saturated heterocycles. The van der Waals surface area contributed by atoms with Crippen LogP contribution in [0, 0.1) is 13.8 Å². The molecule has 1 aliphatic heterocycles. The zero-order valence-corrected chi connectivity index (χ0v) is 12.9. The van der Waals surface area contributed by atoms with Gasteiger partial charge in [0.2, 0.25) is 0 Å². The van der Waals surface area contributed by atoms with Crippen molar-refractivity contribution in [1.29, 1.82) is 0 Å². The molecule has 0 atom stereocenters. The van der Waals surface area contributed by atoms with Gasteiger partial charge in [-0.3, -0.25) is 0 Å². The minimum absolute atomic E-state index is 0.120. The van der Waals surface area contributed by atoms with Gasteiger partial charge in [-0.05, 0) is 49.9 Å². The highest BCUT2D eigenvalue weighted by molar-refractivity contribution is 5.73. The average molecular weight is 275 g/mol. The van der Waals surface area contributed by atoms with Crippen molar-refractivity contribution in [1.82, 2.24) is 9.80 Å². The van der Waals surface area contributed by atoms with E-state index in [1.165, 1.54) is 16.8 Å². The van der Waals surface area contributed by atoms with E-state index < -0.39 is 0 Å². The van der Waals surface area contributed by atoms with Gasteiger partial charge in [0.25, 0.3) is 0 Å². The number of hydrogen-bond acceptors (Lipinski definition) is 2. The number of carbonyl (C=O) groups is 1. The van der Waals surface area contributed by atoms with Crippen LogP contribution in [-0.2, 0) is 0 Å². The van der Waals surface area contributed by atoms with Crippen LogP contribution in [0.5, 0.6) is 0 Å². The molecule has 1 fully saturated rings. The molecule has 0 saturated carbocycles. The number of likely N-dealkylation sites (tertiary alicyclic amines) is 1. The second kappa shape index (κ2) is 6.16. The first-order valence-electron chi connectivity index (χ1n) is 7.27. The summed E-state index contributed by atoms with van der Waals surface area (Å²) >= 11 is 0. The van der Waals surface area contributed by atoms with E-state index in [1.807, 2.05) is 19.0 Å². The van der Waals surface area contributed by atoms with E-state index in [4.69, 9.17) is 0 Å². The third-order valence-corrected chi connectivity index (χ3v) is 3.74. The van der Waals surface area contributed by atoms with Crippen molar-refractivity contribution in [2.75, 3.05) is 32.5 Å². The second-order valence-electron chi connectivity index (χ2n) is 5.96. The van der Waals surface area contributed by atoms with E-state index in [9.17, 15) is 4.79 Å². The highest BCUT2D eigenvalue weighted by Crippen LogP contribution is 2.19. The Balaban J connectivity index is 1.90. The van der Waals surface area contributed by atoms with E-state index in [0.29, 0.717) is 6.04 Å². The molecule has 1 aromatic rings. The molecule has 0 bridgehead atoms. The Kier molecular flexibility index (Phi) is 4.53. The Morgan fingerprint density at radius 2 is 1.70 bits per heavy atom. The quantitative estimate of drug-likeness (QED) is 0.901. The Hall–Kier alpha value is -1.71. The Morgan fingerprint density at radius 3 is 2.20 bits per heavy atom. The van der Waals surface area contributed by atoms with Crippen LogP contribution in [0.1, 0.15) is 24.0 Å². The molecule has 2 amide bonds. The van der Waals surface area contributed by atoms with Gasteiger partial charge < -0.3 is 15.1 Å². The molecule has 4 heteroatoms. The lowest BCUT2D eigenvalue weighted by Crippen LogP contribution is -2.46. The lowest BCUT2D eigenvalue weighted by molar-refractivity contribution is 0.158. The van der Waals surface area contributed by atoms with Crippen molar-refractivity contribution in [3.05, 3.63) is 29.3 Å². The van der Waals surface area contributed by atoms with Crippen LogP contribution in [0.15, 0.2) is 18.2 Å². The van der Waals surface area contributed by atoms with E-state index in [1.54, 1.807) is 4.90 Å². The van der Waals surface area contributed by atoms with Crippen molar-refractivity contribution < 1.29 is 4.79 Å². The Morgan fingerprint density at radius 1 is 1.15 bits per heavy atom. The Bertz CT molecular complexity index is 456. The van der Waals surface area contributed by atoms with Crippen molar-refractivity contribution in [2.24, 2.45) is 0 Å². The van der Waals surface area contributed by atoms with Gasteiger partial charge in [-0.25, -0.2) is 4.79 Å². The summed E-state index contributed by atoms with van der Waals surface area (Å²) in [5.74, 6) is 0. The molecule has 20 heavy (non-hydrogen) atoms. The van der Waals surface area contributed by atoms with Crippen LogP contribution in [0.4, 0.5) is 10.5 Å². The van der Waals surface area contributed by atoms with E-state index in [0.717, 1.165) is 25.9 Å². The van der Waals surface area contributed by atoms with Crippen molar-refractivity contribution >= 4 is 11.7 Å². The summed E-state index contributed by atoms with van der Waals surface area (Å²) in [7, 11) is 3.62. The average Bonchev–Trinajstić information content (AvgIpc) is 2.37. The van der Waals surface area contributed by atoms with Gasteiger partial charge in [0.1, 0.15) is 0 Å². The molecule has 1 heterocycles. The topological polar surface area (TPSA) is 35.6 Å². The number of amides is 2. The van der Waals surface area contributed by atoms with Crippen LogP contribution >= 0.6 is 0 Å². The number of benzene rings is 1. The van der Waals surface area contributed by atoms with Gasteiger partial charge in [-0.15, -0.1) is 0 Å². The number of aryl methyl sites for hydroxylation is 2. The number of urea groups is 1.